The summed E-state index contributed by atoms with van der Waals surface area (Å²) in [6.45, 7) is 2.85. The van der Waals surface area contributed by atoms with Crippen LogP contribution >= 0.6 is 0 Å². The van der Waals surface area contributed by atoms with Crippen LogP contribution in [-0.4, -0.2) is 34.9 Å². The molecule has 1 heterocycles. The fourth-order valence-electron chi connectivity index (χ4n) is 1.47. The van der Waals surface area contributed by atoms with Gasteiger partial charge in [0.15, 0.2) is 0 Å². The highest BCUT2D eigenvalue weighted by Crippen LogP contribution is 2.34. The van der Waals surface area contributed by atoms with Gasteiger partial charge in [-0.25, -0.2) is 0 Å². The van der Waals surface area contributed by atoms with E-state index in [1.807, 2.05) is 0 Å². The third kappa shape index (κ3) is 1.43. The van der Waals surface area contributed by atoms with Crippen LogP contribution in [0.1, 0.15) is 0 Å². The molecule has 0 saturated heterocycles. The van der Waals surface area contributed by atoms with E-state index in [-0.39, 0.29) is 4.58 Å². The summed E-state index contributed by atoms with van der Waals surface area (Å²) < 4.78 is 63.2. The highest BCUT2D eigenvalue weighted by Gasteiger charge is 2.56. The fraction of sp³-hybridized carbons (Fsp3) is 0.111. The Kier molecular flexibility index (Phi) is 2.32. The zero-order chi connectivity index (χ0) is 13.8. The molecule has 0 saturated carbocycles. The first-order chi connectivity index (χ1) is 8.16. The largest absolute Gasteiger partial charge is 0.499 e. The molecule has 0 radical (unpaired) electrons. The molecule has 0 bridgehead atoms. The van der Waals surface area contributed by atoms with E-state index in [9.17, 15) is 31.5 Å². The molecule has 0 aromatic heterocycles. The van der Waals surface area contributed by atoms with Crippen molar-refractivity contribution in [3.8, 4) is 0 Å². The molecule has 2 rings (SSSR count). The number of Topliss-reactive ketones (excluding diaryl/α,β-unsaturated/α-hetero) is 2. The molecule has 0 N–H and O–H groups in total. The van der Waals surface area contributed by atoms with Crippen molar-refractivity contribution in [3.05, 3.63) is 23.0 Å². The van der Waals surface area contributed by atoms with Gasteiger partial charge in [-0.15, -0.1) is 0 Å². The summed E-state index contributed by atoms with van der Waals surface area (Å²) in [6, 6.07) is 0. The summed E-state index contributed by atoms with van der Waals surface area (Å²) in [7, 11) is 0. The monoisotopic (exact) mass is 265 g/mol. The van der Waals surface area contributed by atoms with E-state index in [1.54, 1.807) is 0 Å². The van der Waals surface area contributed by atoms with Crippen molar-refractivity contribution in [2.75, 3.05) is 0 Å². The number of ketones is 2. The molecule has 2 aliphatic rings. The molecular weight excluding hydrogens is 263 g/mol. The van der Waals surface area contributed by atoms with Gasteiger partial charge in [-0.05, 0) is 4.99 Å². The summed E-state index contributed by atoms with van der Waals surface area (Å²) >= 11 is 0. The number of amidine groups is 1. The van der Waals surface area contributed by atoms with Gasteiger partial charge < -0.3 is 0 Å². The second-order valence-electron chi connectivity index (χ2n) is 3.34. The van der Waals surface area contributed by atoms with Crippen molar-refractivity contribution in [3.63, 3.8) is 0 Å². The number of hydrogen-bond donors (Lipinski definition) is 0. The SMILES string of the molecule is C=[N+]1C(C(F)(F)F)=NC2=C1C(=O)C(F)=C(F)C2=O. The smallest absolute Gasteiger partial charge is 0.282 e. The lowest BCUT2D eigenvalue weighted by Gasteiger charge is -2.06. The van der Waals surface area contributed by atoms with E-state index in [0.717, 1.165) is 0 Å². The number of halogens is 5. The van der Waals surface area contributed by atoms with E-state index >= 15 is 0 Å². The third-order valence-electron chi connectivity index (χ3n) is 2.24. The minimum Gasteiger partial charge on any atom is -0.282 e. The molecule has 1 aliphatic heterocycles. The normalized spacial score (nSPS) is 20.7. The van der Waals surface area contributed by atoms with E-state index in [0.29, 0.717) is 0 Å². The van der Waals surface area contributed by atoms with Gasteiger partial charge in [0.2, 0.25) is 17.4 Å². The molecule has 18 heavy (non-hydrogen) atoms. The van der Waals surface area contributed by atoms with E-state index < -0.39 is 46.6 Å². The molecule has 1 aliphatic carbocycles. The van der Waals surface area contributed by atoms with Gasteiger partial charge in [-0.2, -0.15) is 26.5 Å². The van der Waals surface area contributed by atoms with Crippen molar-refractivity contribution in [2.45, 2.75) is 6.18 Å². The Morgan fingerprint density at radius 3 is 2.06 bits per heavy atom. The van der Waals surface area contributed by atoms with Crippen molar-refractivity contribution in [1.29, 1.82) is 0 Å². The van der Waals surface area contributed by atoms with Crippen molar-refractivity contribution >= 4 is 24.1 Å². The number of hydrogen-bond acceptors (Lipinski definition) is 3. The van der Waals surface area contributed by atoms with Gasteiger partial charge in [0.1, 0.15) is 0 Å². The number of alkyl halides is 3. The number of carbonyl (C=O) groups is 2. The first-order valence-corrected chi connectivity index (χ1v) is 4.31. The van der Waals surface area contributed by atoms with Crippen LogP contribution in [0.15, 0.2) is 28.0 Å². The average Bonchev–Trinajstić information content (AvgIpc) is 2.61. The lowest BCUT2D eigenvalue weighted by atomic mass is 10.0. The standard InChI is InChI=1S/C9H2F5N2O2/c1-16-5-4(15-8(16)9(12,13)14)6(17)2(10)3(11)7(5)18/h1H2/q+1. The molecule has 94 valence electrons. The summed E-state index contributed by atoms with van der Waals surface area (Å²) in [4.78, 5) is 25.2. The maximum Gasteiger partial charge on any atom is 0.499 e. The van der Waals surface area contributed by atoms with Crippen molar-refractivity contribution in [2.24, 2.45) is 4.99 Å². The average molecular weight is 265 g/mol. The Balaban J connectivity index is 2.59. The molecule has 0 fully saturated rings. The Bertz CT molecular complexity index is 609. The molecule has 4 nitrogen and oxygen atoms in total. The van der Waals surface area contributed by atoms with Crippen LogP contribution in [0.4, 0.5) is 22.0 Å². The quantitative estimate of drug-likeness (QED) is 0.375. The zero-order valence-electron chi connectivity index (χ0n) is 8.31. The molecule has 0 spiro atoms. The number of carbonyl (C=O) groups excluding carboxylic acids is 2. The number of rotatable bonds is 0. The van der Waals surface area contributed by atoms with Gasteiger partial charge in [0.25, 0.3) is 17.3 Å². The Morgan fingerprint density at radius 2 is 1.56 bits per heavy atom. The third-order valence-corrected chi connectivity index (χ3v) is 2.24. The van der Waals surface area contributed by atoms with Crippen LogP contribution in [-0.2, 0) is 9.59 Å². The Morgan fingerprint density at radius 1 is 1.06 bits per heavy atom. The maximum atomic E-state index is 13.0. The van der Waals surface area contributed by atoms with Crippen LogP contribution < -0.4 is 0 Å². The van der Waals surface area contributed by atoms with Crippen LogP contribution in [0, 0.1) is 0 Å². The molecule has 0 amide bonds. The number of nitrogens with zero attached hydrogens (tertiary/aromatic N) is 2. The van der Waals surface area contributed by atoms with Crippen LogP contribution in [0.25, 0.3) is 0 Å². The summed E-state index contributed by atoms with van der Waals surface area (Å²) in [6.07, 6.45) is -5.01. The predicted octanol–water partition coefficient (Wildman–Crippen LogP) is 1.19. The minimum absolute atomic E-state index is 0.0262. The summed E-state index contributed by atoms with van der Waals surface area (Å²) in [5.41, 5.74) is -2.12. The van der Waals surface area contributed by atoms with Gasteiger partial charge in [0, 0.05) is 0 Å². The van der Waals surface area contributed by atoms with E-state index in [1.165, 1.54) is 0 Å². The van der Waals surface area contributed by atoms with Crippen LogP contribution in [0.5, 0.6) is 0 Å². The highest BCUT2D eigenvalue weighted by atomic mass is 19.4. The highest BCUT2D eigenvalue weighted by molar-refractivity contribution is 6.24. The van der Waals surface area contributed by atoms with Crippen molar-refractivity contribution < 1.29 is 36.1 Å². The van der Waals surface area contributed by atoms with Crippen LogP contribution in [0.3, 0.4) is 0 Å². The van der Waals surface area contributed by atoms with Crippen molar-refractivity contribution in [1.82, 2.24) is 0 Å². The van der Waals surface area contributed by atoms with Gasteiger partial charge >= 0.3 is 12.0 Å². The first kappa shape index (κ1) is 12.3. The molecule has 9 heteroatoms. The van der Waals surface area contributed by atoms with Crippen LogP contribution in [0.2, 0.25) is 0 Å². The zero-order valence-corrected chi connectivity index (χ0v) is 8.31. The second kappa shape index (κ2) is 3.40. The van der Waals surface area contributed by atoms with Gasteiger partial charge in [-0.3, -0.25) is 9.59 Å². The lowest BCUT2D eigenvalue weighted by molar-refractivity contribution is -0.354. The summed E-state index contributed by atoms with van der Waals surface area (Å²) in [5, 5.41) is 0. The predicted molar refractivity (Wildman–Crippen MR) is 47.2 cm³/mol. The number of aliphatic imine (C=N–C) groups is 1. The maximum absolute atomic E-state index is 13.0. The summed E-state index contributed by atoms with van der Waals surface area (Å²) in [5.74, 6) is -9.20. The first-order valence-electron chi connectivity index (χ1n) is 4.31. The van der Waals surface area contributed by atoms with Gasteiger partial charge in [-0.1, -0.05) is 0 Å². The molecule has 0 unspecified atom stereocenters. The molecular formula is C9H2F5N2O2+. The minimum atomic E-state index is -5.01. The van der Waals surface area contributed by atoms with E-state index in [4.69, 9.17) is 0 Å². The Hall–Kier alpha value is -2.19. The topological polar surface area (TPSA) is 49.5 Å². The van der Waals surface area contributed by atoms with Gasteiger partial charge in [0.05, 0.1) is 6.72 Å². The number of allylic oxidation sites excluding steroid dienone is 2. The molecule has 0 aromatic carbocycles. The molecule has 0 atom stereocenters. The fourth-order valence-corrected chi connectivity index (χ4v) is 1.47. The van der Waals surface area contributed by atoms with E-state index in [2.05, 4.69) is 11.7 Å². The lowest BCUT2D eigenvalue weighted by Crippen LogP contribution is -2.33. The second-order valence-corrected chi connectivity index (χ2v) is 3.34. The molecule has 0 aromatic rings. The Labute approximate surface area is 95.4 Å².